The summed E-state index contributed by atoms with van der Waals surface area (Å²) in [7, 11) is 0. The SMILES string of the molecule is CCC(C)(CC(C)(CC(C)(C)C(=O)OC1C2CC3C(=O)OC1C3C2)C(=O)OC1C2CC3C(=O)OC1C3C2)C(=O)OC1C2CC3C(=O)OC1C3C2. The molecule has 6 bridgehead atoms. The molecule has 3 aliphatic heterocycles. The summed E-state index contributed by atoms with van der Waals surface area (Å²) in [5, 5.41) is 0. The maximum absolute atomic E-state index is 14.6. The van der Waals surface area contributed by atoms with Crippen molar-refractivity contribution in [2.24, 2.45) is 69.5 Å². The predicted molar refractivity (Wildman–Crippen MR) is 168 cm³/mol. The molecule has 9 rings (SSSR count). The van der Waals surface area contributed by atoms with Gasteiger partial charge in [-0.1, -0.05) is 6.92 Å². The van der Waals surface area contributed by atoms with E-state index in [1.807, 2.05) is 6.92 Å². The van der Waals surface area contributed by atoms with Crippen molar-refractivity contribution >= 4 is 35.8 Å². The standard InChI is InChI=1S/C38H48O12/c1-6-37(4,34(43)49-25-16-8-19-22(11-16)31(40)46-28(19)25)14-38(5,35(44)50-26-17-9-20-23(12-17)32(41)47-29(20)26)13-36(2,3)33(42)48-24-15-7-18-21(10-15)30(39)45-27(18)24/h15-29H,6-14H2,1-5H3. The van der Waals surface area contributed by atoms with Crippen molar-refractivity contribution in [2.45, 2.75) is 129 Å². The molecule has 17 atom stereocenters. The van der Waals surface area contributed by atoms with Crippen LogP contribution in [0.4, 0.5) is 0 Å². The van der Waals surface area contributed by atoms with Crippen LogP contribution in [0.5, 0.6) is 0 Å². The van der Waals surface area contributed by atoms with E-state index in [9.17, 15) is 28.8 Å². The number of carbonyl (C=O) groups excluding carboxylic acids is 6. The van der Waals surface area contributed by atoms with E-state index in [1.54, 1.807) is 27.7 Å². The van der Waals surface area contributed by atoms with Gasteiger partial charge in [0.25, 0.3) is 0 Å². The molecule has 0 radical (unpaired) electrons. The molecule has 0 N–H and O–H groups in total. The third kappa shape index (κ3) is 4.53. The zero-order valence-electron chi connectivity index (χ0n) is 29.4. The number of rotatable bonds is 11. The van der Waals surface area contributed by atoms with Gasteiger partial charge >= 0.3 is 35.8 Å². The summed E-state index contributed by atoms with van der Waals surface area (Å²) in [6.45, 7) is 8.87. The minimum atomic E-state index is -1.35. The van der Waals surface area contributed by atoms with E-state index in [0.717, 1.165) is 19.3 Å². The van der Waals surface area contributed by atoms with Crippen LogP contribution in [-0.2, 0) is 57.2 Å². The molecule has 0 amide bonds. The van der Waals surface area contributed by atoms with Crippen molar-refractivity contribution in [3.63, 3.8) is 0 Å². The topological polar surface area (TPSA) is 158 Å². The fraction of sp³-hybridized carbons (Fsp3) is 0.842. The molecule has 12 nitrogen and oxygen atoms in total. The van der Waals surface area contributed by atoms with Crippen molar-refractivity contribution in [2.75, 3.05) is 0 Å². The lowest BCUT2D eigenvalue weighted by molar-refractivity contribution is -0.184. The summed E-state index contributed by atoms with van der Waals surface area (Å²) in [5.41, 5.74) is -3.68. The third-order valence-electron chi connectivity index (χ3n) is 14.9. The van der Waals surface area contributed by atoms with E-state index in [1.165, 1.54) is 0 Å². The summed E-state index contributed by atoms with van der Waals surface area (Å²) in [6.07, 6.45) is 1.70. The number of fused-ring (bicyclic) bond motifs is 3. The third-order valence-corrected chi connectivity index (χ3v) is 14.9. The lowest BCUT2D eigenvalue weighted by Crippen LogP contribution is -2.48. The first-order valence-electron chi connectivity index (χ1n) is 18.9. The summed E-state index contributed by atoms with van der Waals surface area (Å²) >= 11 is 0. The Kier molecular flexibility index (Phi) is 6.99. The van der Waals surface area contributed by atoms with Gasteiger partial charge in [-0.15, -0.1) is 0 Å². The monoisotopic (exact) mass is 696 g/mol. The highest BCUT2D eigenvalue weighted by atomic mass is 16.6. The molecule has 50 heavy (non-hydrogen) atoms. The van der Waals surface area contributed by atoms with Gasteiger partial charge in [-0.2, -0.15) is 0 Å². The van der Waals surface area contributed by atoms with Gasteiger partial charge in [0.2, 0.25) is 0 Å². The van der Waals surface area contributed by atoms with Gasteiger partial charge in [-0.05, 0) is 85.5 Å². The van der Waals surface area contributed by atoms with Crippen LogP contribution in [0, 0.1) is 69.5 Å². The molecule has 272 valence electrons. The Morgan fingerprint density at radius 3 is 1.30 bits per heavy atom. The molecule has 3 heterocycles. The molecule has 12 heteroatoms. The molecular weight excluding hydrogens is 648 g/mol. The van der Waals surface area contributed by atoms with Gasteiger partial charge in [0.1, 0.15) is 36.6 Å². The fourth-order valence-corrected chi connectivity index (χ4v) is 12.5. The maximum Gasteiger partial charge on any atom is 0.312 e. The van der Waals surface area contributed by atoms with E-state index in [2.05, 4.69) is 0 Å². The highest BCUT2D eigenvalue weighted by molar-refractivity contribution is 5.84. The molecular formula is C38H48O12. The molecule has 0 spiro atoms. The van der Waals surface area contributed by atoms with Crippen molar-refractivity contribution in [1.82, 2.24) is 0 Å². The average Bonchev–Trinajstić information content (AvgIpc) is 3.92. The Labute approximate surface area is 291 Å². The number of hydrogen-bond donors (Lipinski definition) is 0. The minimum Gasteiger partial charge on any atom is -0.458 e. The Hall–Kier alpha value is -3.18. The Bertz CT molecular complexity index is 1570. The highest BCUT2D eigenvalue weighted by Gasteiger charge is 2.67. The molecule has 9 aliphatic rings. The Morgan fingerprint density at radius 2 is 0.920 bits per heavy atom. The first kappa shape index (κ1) is 32.7. The van der Waals surface area contributed by atoms with Crippen molar-refractivity contribution in [3.8, 4) is 0 Å². The summed E-state index contributed by atoms with van der Waals surface area (Å²) in [4.78, 5) is 80.0. The molecule has 6 saturated carbocycles. The quantitative estimate of drug-likeness (QED) is 0.228. The first-order chi connectivity index (χ1) is 23.6. The van der Waals surface area contributed by atoms with Crippen molar-refractivity contribution in [1.29, 1.82) is 0 Å². The Morgan fingerprint density at radius 1 is 0.560 bits per heavy atom. The number of carbonyl (C=O) groups is 6. The van der Waals surface area contributed by atoms with Gasteiger partial charge < -0.3 is 28.4 Å². The minimum absolute atomic E-state index is 0.0123. The van der Waals surface area contributed by atoms with E-state index < -0.39 is 70.8 Å². The second kappa shape index (κ2) is 10.7. The zero-order chi connectivity index (χ0) is 35.2. The van der Waals surface area contributed by atoms with Crippen LogP contribution >= 0.6 is 0 Å². The number of hydrogen-bond acceptors (Lipinski definition) is 12. The number of esters is 6. The molecule has 0 aromatic heterocycles. The molecule has 17 unspecified atom stereocenters. The van der Waals surface area contributed by atoms with Gasteiger partial charge in [-0.25, -0.2) is 0 Å². The predicted octanol–water partition coefficient (Wildman–Crippen LogP) is 3.70. The lowest BCUT2D eigenvalue weighted by atomic mass is 9.65. The van der Waals surface area contributed by atoms with Gasteiger partial charge in [0.15, 0.2) is 0 Å². The second-order valence-electron chi connectivity index (χ2n) is 18.5. The van der Waals surface area contributed by atoms with E-state index >= 15 is 0 Å². The second-order valence-corrected chi connectivity index (χ2v) is 18.5. The van der Waals surface area contributed by atoms with Gasteiger partial charge in [0, 0.05) is 35.5 Å². The zero-order valence-corrected chi connectivity index (χ0v) is 29.4. The summed E-state index contributed by atoms with van der Waals surface area (Å²) < 4.78 is 35.6. The molecule has 3 saturated heterocycles. The normalized spacial score (nSPS) is 46.0. The van der Waals surface area contributed by atoms with Gasteiger partial charge in [-0.3, -0.25) is 28.8 Å². The van der Waals surface area contributed by atoms with Crippen LogP contribution < -0.4 is 0 Å². The van der Waals surface area contributed by atoms with Crippen LogP contribution in [0.25, 0.3) is 0 Å². The lowest BCUT2D eigenvalue weighted by Gasteiger charge is -2.41. The van der Waals surface area contributed by atoms with Crippen molar-refractivity contribution in [3.05, 3.63) is 0 Å². The van der Waals surface area contributed by atoms with E-state index in [4.69, 9.17) is 28.4 Å². The van der Waals surface area contributed by atoms with Crippen LogP contribution in [0.2, 0.25) is 0 Å². The average molecular weight is 697 g/mol. The summed E-state index contributed by atoms with van der Waals surface area (Å²) in [6, 6.07) is 0. The van der Waals surface area contributed by atoms with Crippen LogP contribution in [0.1, 0.15) is 92.4 Å². The molecule has 0 aromatic carbocycles. The largest absolute Gasteiger partial charge is 0.458 e. The van der Waals surface area contributed by atoms with Crippen LogP contribution in [0.15, 0.2) is 0 Å². The van der Waals surface area contributed by atoms with Crippen LogP contribution in [0.3, 0.4) is 0 Å². The smallest absolute Gasteiger partial charge is 0.312 e. The van der Waals surface area contributed by atoms with E-state index in [0.29, 0.717) is 25.7 Å². The molecule has 6 aliphatic carbocycles. The highest BCUT2D eigenvalue weighted by Crippen LogP contribution is 2.59. The fourth-order valence-electron chi connectivity index (χ4n) is 12.5. The first-order valence-corrected chi connectivity index (χ1v) is 18.9. The Balaban J connectivity index is 0.956. The maximum atomic E-state index is 14.6. The van der Waals surface area contributed by atoms with Crippen molar-refractivity contribution < 1.29 is 57.2 Å². The molecule has 0 aromatic rings. The van der Waals surface area contributed by atoms with Crippen LogP contribution in [-0.4, -0.2) is 72.4 Å². The summed E-state index contributed by atoms with van der Waals surface area (Å²) in [5.74, 6) is -2.21. The number of ether oxygens (including phenoxy) is 6. The molecule has 9 fully saturated rings. The van der Waals surface area contributed by atoms with Gasteiger partial charge in [0.05, 0.1) is 34.0 Å². The van der Waals surface area contributed by atoms with E-state index in [-0.39, 0.29) is 84.0 Å².